The van der Waals surface area contributed by atoms with Gasteiger partial charge in [0.15, 0.2) is 0 Å². The van der Waals surface area contributed by atoms with Gasteiger partial charge in [0.25, 0.3) is 0 Å². The van der Waals surface area contributed by atoms with Crippen molar-refractivity contribution in [3.8, 4) is 0 Å². The van der Waals surface area contributed by atoms with E-state index < -0.39 is 25.2 Å². The smallest absolute Gasteiger partial charge is 0.305 e. The second-order valence-corrected chi connectivity index (χ2v) is 8.99. The molecular formula is C22H44O5. The second kappa shape index (κ2) is 15.3. The minimum atomic E-state index is -1.14. The van der Waals surface area contributed by atoms with Gasteiger partial charge in [-0.3, -0.25) is 4.79 Å². The first kappa shape index (κ1) is 26.4. The summed E-state index contributed by atoms with van der Waals surface area (Å²) in [6.45, 7) is 7.75. The predicted molar refractivity (Wildman–Crippen MR) is 109 cm³/mol. The van der Waals surface area contributed by atoms with E-state index >= 15 is 0 Å². The number of carbonyl (C=O) groups is 1. The van der Waals surface area contributed by atoms with Crippen LogP contribution < -0.4 is 0 Å². The Bertz CT molecular complexity index is 357. The quantitative estimate of drug-likeness (QED) is 0.329. The zero-order valence-corrected chi connectivity index (χ0v) is 18.1. The van der Waals surface area contributed by atoms with Gasteiger partial charge in [0, 0.05) is 6.42 Å². The maximum absolute atomic E-state index is 11.8. The molecule has 3 N–H and O–H groups in total. The lowest BCUT2D eigenvalue weighted by Crippen LogP contribution is -2.39. The summed E-state index contributed by atoms with van der Waals surface area (Å²) in [5.74, 6) is 1.87. The Morgan fingerprint density at radius 2 is 1.22 bits per heavy atom. The van der Waals surface area contributed by atoms with Crippen LogP contribution in [0, 0.1) is 23.2 Å². The molecule has 0 radical (unpaired) electrons. The summed E-state index contributed by atoms with van der Waals surface area (Å²) in [7, 11) is 0. The molecule has 0 fully saturated rings. The number of ether oxygens (including phenoxy) is 1. The maximum atomic E-state index is 11.8. The Hall–Kier alpha value is -0.650. The molecule has 0 aliphatic heterocycles. The van der Waals surface area contributed by atoms with E-state index in [2.05, 4.69) is 27.7 Å². The van der Waals surface area contributed by atoms with Gasteiger partial charge in [-0.1, -0.05) is 72.6 Å². The number of rotatable bonds is 17. The van der Waals surface area contributed by atoms with Gasteiger partial charge in [-0.25, -0.2) is 0 Å². The van der Waals surface area contributed by atoms with Crippen molar-refractivity contribution in [3.63, 3.8) is 0 Å². The Kier molecular flexibility index (Phi) is 14.9. The molecule has 5 heteroatoms. The molecule has 0 heterocycles. The second-order valence-electron chi connectivity index (χ2n) is 8.99. The summed E-state index contributed by atoms with van der Waals surface area (Å²) >= 11 is 0. The highest BCUT2D eigenvalue weighted by Gasteiger charge is 2.30. The van der Waals surface area contributed by atoms with E-state index in [-0.39, 0.29) is 12.6 Å². The lowest BCUT2D eigenvalue weighted by Gasteiger charge is -2.26. The monoisotopic (exact) mass is 388 g/mol. The van der Waals surface area contributed by atoms with Gasteiger partial charge in [-0.05, 0) is 24.2 Å². The zero-order chi connectivity index (χ0) is 20.7. The van der Waals surface area contributed by atoms with E-state index in [1.165, 1.54) is 38.5 Å². The molecule has 0 aromatic heterocycles. The van der Waals surface area contributed by atoms with Gasteiger partial charge in [0.1, 0.15) is 6.61 Å². The fourth-order valence-electron chi connectivity index (χ4n) is 3.17. The van der Waals surface area contributed by atoms with Crippen LogP contribution in [0.15, 0.2) is 0 Å². The summed E-state index contributed by atoms with van der Waals surface area (Å²) < 4.78 is 5.11. The van der Waals surface area contributed by atoms with E-state index in [1.807, 2.05) is 0 Å². The maximum Gasteiger partial charge on any atom is 0.305 e. The van der Waals surface area contributed by atoms with Crippen molar-refractivity contribution in [1.29, 1.82) is 0 Å². The standard InChI is InChI=1S/C22H44O5/c1-18(2)8-5-9-19(3)10-6-11-20(4)12-7-13-21(26)27-17-22(14-23,15-24)16-25/h18-20,23-25H,5-17H2,1-4H3. The fourth-order valence-corrected chi connectivity index (χ4v) is 3.17. The summed E-state index contributed by atoms with van der Waals surface area (Å²) in [4.78, 5) is 11.8. The third-order valence-corrected chi connectivity index (χ3v) is 5.50. The first-order valence-corrected chi connectivity index (χ1v) is 10.8. The predicted octanol–water partition coefficient (Wildman–Crippen LogP) is 3.93. The average Bonchev–Trinajstić information content (AvgIpc) is 2.63. The molecule has 0 saturated carbocycles. The summed E-state index contributed by atoms with van der Waals surface area (Å²) in [5, 5.41) is 27.7. The number of esters is 1. The summed E-state index contributed by atoms with van der Waals surface area (Å²) in [6, 6.07) is 0. The minimum Gasteiger partial charge on any atom is -0.465 e. The van der Waals surface area contributed by atoms with Gasteiger partial charge in [0.05, 0.1) is 25.2 Å². The van der Waals surface area contributed by atoms with Gasteiger partial charge in [0.2, 0.25) is 0 Å². The molecule has 0 aliphatic carbocycles. The minimum absolute atomic E-state index is 0.153. The van der Waals surface area contributed by atoms with Crippen LogP contribution in [0.25, 0.3) is 0 Å². The lowest BCUT2D eigenvalue weighted by atomic mass is 9.92. The van der Waals surface area contributed by atoms with Crippen LogP contribution in [-0.4, -0.2) is 47.7 Å². The van der Waals surface area contributed by atoms with Crippen LogP contribution >= 0.6 is 0 Å². The third kappa shape index (κ3) is 13.2. The van der Waals surface area contributed by atoms with E-state index in [1.54, 1.807) is 0 Å². The molecule has 0 aliphatic rings. The SMILES string of the molecule is CC(C)CCCC(C)CCCC(C)CCCC(=O)OCC(CO)(CO)CO. The van der Waals surface area contributed by atoms with E-state index in [0.717, 1.165) is 24.7 Å². The molecular weight excluding hydrogens is 344 g/mol. The molecule has 0 bridgehead atoms. The topological polar surface area (TPSA) is 87.0 Å². The zero-order valence-electron chi connectivity index (χ0n) is 18.1. The molecule has 0 amide bonds. The molecule has 0 rings (SSSR count). The van der Waals surface area contributed by atoms with E-state index in [4.69, 9.17) is 4.74 Å². The van der Waals surface area contributed by atoms with Gasteiger partial charge in [-0.2, -0.15) is 0 Å². The van der Waals surface area contributed by atoms with E-state index in [9.17, 15) is 20.1 Å². The van der Waals surface area contributed by atoms with Crippen LogP contribution in [0.1, 0.15) is 85.5 Å². The van der Waals surface area contributed by atoms with Crippen LogP contribution in [0.4, 0.5) is 0 Å². The highest BCUT2D eigenvalue weighted by Crippen LogP contribution is 2.21. The molecule has 0 aromatic carbocycles. The van der Waals surface area contributed by atoms with Gasteiger partial charge < -0.3 is 20.1 Å². The number of carbonyl (C=O) groups excluding carboxylic acids is 1. The van der Waals surface area contributed by atoms with Crippen LogP contribution in [0.2, 0.25) is 0 Å². The number of aliphatic hydroxyl groups excluding tert-OH is 3. The van der Waals surface area contributed by atoms with Gasteiger partial charge >= 0.3 is 5.97 Å². The van der Waals surface area contributed by atoms with Crippen molar-refractivity contribution in [2.45, 2.75) is 85.5 Å². The van der Waals surface area contributed by atoms with Gasteiger partial charge in [-0.15, -0.1) is 0 Å². The highest BCUT2D eigenvalue weighted by molar-refractivity contribution is 5.69. The lowest BCUT2D eigenvalue weighted by molar-refractivity contribution is -0.151. The number of aliphatic hydroxyl groups is 3. The Morgan fingerprint density at radius 1 is 0.778 bits per heavy atom. The van der Waals surface area contributed by atoms with Crippen molar-refractivity contribution in [2.24, 2.45) is 23.2 Å². The molecule has 0 aromatic rings. The fraction of sp³-hybridized carbons (Fsp3) is 0.955. The molecule has 0 spiro atoms. The summed E-state index contributed by atoms with van der Waals surface area (Å²) in [6.07, 6.45) is 9.86. The van der Waals surface area contributed by atoms with Crippen LogP contribution in [-0.2, 0) is 9.53 Å². The highest BCUT2D eigenvalue weighted by atomic mass is 16.5. The number of hydrogen-bond donors (Lipinski definition) is 3. The summed E-state index contributed by atoms with van der Waals surface area (Å²) in [5.41, 5.74) is -1.14. The molecule has 5 nitrogen and oxygen atoms in total. The molecule has 27 heavy (non-hydrogen) atoms. The first-order chi connectivity index (χ1) is 12.8. The van der Waals surface area contributed by atoms with Crippen molar-refractivity contribution in [2.75, 3.05) is 26.4 Å². The molecule has 2 atom stereocenters. The van der Waals surface area contributed by atoms with Crippen LogP contribution in [0.3, 0.4) is 0 Å². The largest absolute Gasteiger partial charge is 0.465 e. The van der Waals surface area contributed by atoms with Crippen molar-refractivity contribution in [3.05, 3.63) is 0 Å². The normalized spacial score (nSPS) is 14.4. The Labute approximate surface area is 166 Å². The van der Waals surface area contributed by atoms with Crippen molar-refractivity contribution in [1.82, 2.24) is 0 Å². The molecule has 0 saturated heterocycles. The van der Waals surface area contributed by atoms with E-state index in [0.29, 0.717) is 12.3 Å². The van der Waals surface area contributed by atoms with Crippen molar-refractivity contribution >= 4 is 5.97 Å². The Balaban J connectivity index is 3.78. The van der Waals surface area contributed by atoms with Crippen molar-refractivity contribution < 1.29 is 24.9 Å². The Morgan fingerprint density at radius 3 is 1.67 bits per heavy atom. The molecule has 162 valence electrons. The molecule has 2 unspecified atom stereocenters. The first-order valence-electron chi connectivity index (χ1n) is 10.8. The average molecular weight is 389 g/mol. The van der Waals surface area contributed by atoms with Crippen LogP contribution in [0.5, 0.6) is 0 Å². The number of hydrogen-bond acceptors (Lipinski definition) is 5. The third-order valence-electron chi connectivity index (χ3n) is 5.50.